The van der Waals surface area contributed by atoms with Crippen molar-refractivity contribution in [2.45, 2.75) is 26.4 Å². The van der Waals surface area contributed by atoms with E-state index in [1.54, 1.807) is 6.20 Å². The van der Waals surface area contributed by atoms with E-state index in [1.165, 1.54) is 0 Å². The smallest absolute Gasteiger partial charge is 0.358 e. The largest absolute Gasteiger partial charge is 0.455 e. The fraction of sp³-hybridized carbons (Fsp3) is 0.500. The van der Waals surface area contributed by atoms with Crippen molar-refractivity contribution in [3.63, 3.8) is 0 Å². The van der Waals surface area contributed by atoms with Crippen molar-refractivity contribution in [2.24, 2.45) is 4.99 Å². The molecule has 3 nitrogen and oxygen atoms in total. The van der Waals surface area contributed by atoms with Crippen molar-refractivity contribution < 1.29 is 9.53 Å². The molecule has 0 N–H and O–H groups in total. The molecule has 0 unspecified atom stereocenters. The highest BCUT2D eigenvalue weighted by atomic mass is 79.9. The number of hydrogen-bond acceptors (Lipinski definition) is 3. The molecule has 0 saturated carbocycles. The van der Waals surface area contributed by atoms with Gasteiger partial charge in [0, 0.05) is 6.20 Å². The van der Waals surface area contributed by atoms with Crippen LogP contribution in [0.4, 0.5) is 0 Å². The molecule has 0 bridgehead atoms. The van der Waals surface area contributed by atoms with Crippen molar-refractivity contribution in [1.82, 2.24) is 0 Å². The standard InChI is InChI=1S/C8H10BrNO2/c1-8(2,3)12-7(11)6-5(9)4-10-6/h4H,1-3H3. The third kappa shape index (κ3) is 2.17. The van der Waals surface area contributed by atoms with Gasteiger partial charge in [0.15, 0.2) is 5.71 Å². The Kier molecular flexibility index (Phi) is 2.37. The van der Waals surface area contributed by atoms with Crippen molar-refractivity contribution in [1.29, 1.82) is 0 Å². The van der Waals surface area contributed by atoms with Crippen LogP contribution in [-0.4, -0.2) is 17.3 Å². The second kappa shape index (κ2) is 3.01. The summed E-state index contributed by atoms with van der Waals surface area (Å²) in [5.41, 5.74) is -0.0902. The van der Waals surface area contributed by atoms with Gasteiger partial charge in [-0.25, -0.2) is 9.79 Å². The van der Waals surface area contributed by atoms with Gasteiger partial charge in [-0.3, -0.25) is 0 Å². The fourth-order valence-corrected chi connectivity index (χ4v) is 1.02. The van der Waals surface area contributed by atoms with Crippen LogP contribution in [0, 0.1) is 0 Å². The summed E-state index contributed by atoms with van der Waals surface area (Å²) >= 11 is 3.16. The van der Waals surface area contributed by atoms with Gasteiger partial charge in [-0.05, 0) is 36.7 Å². The van der Waals surface area contributed by atoms with Crippen LogP contribution in [0.1, 0.15) is 20.8 Å². The Hall–Kier alpha value is -0.640. The first-order valence-corrected chi connectivity index (χ1v) is 4.36. The summed E-state index contributed by atoms with van der Waals surface area (Å²) in [6.45, 7) is 5.46. The molecule has 66 valence electrons. The quantitative estimate of drug-likeness (QED) is 0.648. The van der Waals surface area contributed by atoms with Crippen LogP contribution < -0.4 is 0 Å². The van der Waals surface area contributed by atoms with Crippen LogP contribution in [0.3, 0.4) is 0 Å². The monoisotopic (exact) mass is 231 g/mol. The Morgan fingerprint density at radius 3 is 2.42 bits per heavy atom. The van der Waals surface area contributed by atoms with E-state index in [1.807, 2.05) is 20.8 Å². The van der Waals surface area contributed by atoms with Crippen LogP contribution in [0.25, 0.3) is 0 Å². The minimum Gasteiger partial charge on any atom is -0.455 e. The molecule has 0 spiro atoms. The lowest BCUT2D eigenvalue weighted by Gasteiger charge is -2.21. The van der Waals surface area contributed by atoms with Gasteiger partial charge in [-0.1, -0.05) is 0 Å². The number of rotatable bonds is 1. The molecule has 0 aromatic rings. The zero-order valence-electron chi connectivity index (χ0n) is 7.22. The summed E-state index contributed by atoms with van der Waals surface area (Å²) in [4.78, 5) is 15.0. The minimum absolute atomic E-state index is 0.366. The lowest BCUT2D eigenvalue weighted by molar-refractivity contribution is -0.146. The minimum atomic E-state index is -0.456. The molecule has 1 aliphatic rings. The molecule has 0 atom stereocenters. The molecule has 1 heterocycles. The van der Waals surface area contributed by atoms with E-state index in [0.717, 1.165) is 0 Å². The summed E-state index contributed by atoms with van der Waals surface area (Å²) in [6, 6.07) is 0. The highest BCUT2D eigenvalue weighted by Gasteiger charge is 2.25. The summed E-state index contributed by atoms with van der Waals surface area (Å²) in [7, 11) is 0. The molecule has 0 radical (unpaired) electrons. The molecule has 12 heavy (non-hydrogen) atoms. The lowest BCUT2D eigenvalue weighted by Crippen LogP contribution is -2.30. The second-order valence-corrected chi connectivity index (χ2v) is 4.31. The first kappa shape index (κ1) is 9.45. The second-order valence-electron chi connectivity index (χ2n) is 3.46. The maximum atomic E-state index is 11.2. The predicted molar refractivity (Wildman–Crippen MR) is 50.3 cm³/mol. The molecule has 1 aliphatic heterocycles. The van der Waals surface area contributed by atoms with Crippen LogP contribution in [-0.2, 0) is 9.53 Å². The van der Waals surface area contributed by atoms with Crippen LogP contribution in [0.2, 0.25) is 0 Å². The van der Waals surface area contributed by atoms with Gasteiger partial charge in [-0.15, -0.1) is 0 Å². The molecule has 0 fully saturated rings. The van der Waals surface area contributed by atoms with E-state index >= 15 is 0 Å². The first-order chi connectivity index (χ1) is 5.40. The Balaban J connectivity index is 2.52. The number of esters is 1. The van der Waals surface area contributed by atoms with Crippen LogP contribution >= 0.6 is 15.9 Å². The maximum Gasteiger partial charge on any atom is 0.358 e. The third-order valence-corrected chi connectivity index (χ3v) is 1.71. The maximum absolute atomic E-state index is 11.2. The van der Waals surface area contributed by atoms with Gasteiger partial charge in [0.2, 0.25) is 0 Å². The Morgan fingerprint density at radius 1 is 1.58 bits per heavy atom. The normalized spacial score (nSPS) is 16.0. The molecular weight excluding hydrogens is 222 g/mol. The van der Waals surface area contributed by atoms with Gasteiger partial charge in [0.1, 0.15) is 5.60 Å². The molecule has 4 heteroatoms. The number of carbonyl (C=O) groups excluding carboxylic acids is 1. The molecule has 0 amide bonds. The summed E-state index contributed by atoms with van der Waals surface area (Å²) in [5, 5.41) is 0. The number of nitrogens with zero attached hydrogens (tertiary/aromatic N) is 1. The molecule has 0 aromatic heterocycles. The Labute approximate surface area is 79.6 Å². The van der Waals surface area contributed by atoms with Gasteiger partial charge in [0.05, 0.1) is 4.48 Å². The van der Waals surface area contributed by atoms with E-state index in [-0.39, 0.29) is 5.97 Å². The number of halogens is 1. The third-order valence-electron chi connectivity index (χ3n) is 1.13. The average Bonchev–Trinajstić information content (AvgIpc) is 1.79. The molecule has 1 rings (SSSR count). The molecule has 0 aromatic carbocycles. The van der Waals surface area contributed by atoms with Gasteiger partial charge < -0.3 is 4.74 Å². The topological polar surface area (TPSA) is 38.7 Å². The van der Waals surface area contributed by atoms with Crippen LogP contribution in [0.15, 0.2) is 15.7 Å². The van der Waals surface area contributed by atoms with Gasteiger partial charge >= 0.3 is 5.97 Å². The van der Waals surface area contributed by atoms with E-state index in [9.17, 15) is 4.79 Å². The number of hydrogen-bond donors (Lipinski definition) is 0. The number of ether oxygens (including phenoxy) is 1. The Bertz CT molecular complexity index is 273. The van der Waals surface area contributed by atoms with Crippen LogP contribution in [0.5, 0.6) is 0 Å². The van der Waals surface area contributed by atoms with Crippen molar-refractivity contribution in [3.8, 4) is 0 Å². The molecule has 0 saturated heterocycles. The van der Waals surface area contributed by atoms with Crippen molar-refractivity contribution in [2.75, 3.05) is 0 Å². The van der Waals surface area contributed by atoms with E-state index in [0.29, 0.717) is 10.2 Å². The van der Waals surface area contributed by atoms with Crippen molar-refractivity contribution in [3.05, 3.63) is 10.7 Å². The number of aliphatic imine (C=N–C) groups is 1. The fourth-order valence-electron chi connectivity index (χ4n) is 0.655. The highest BCUT2D eigenvalue weighted by Crippen LogP contribution is 2.19. The SMILES string of the molecule is CC(C)(C)OC(=O)C1=NC=C1Br. The Morgan fingerprint density at radius 2 is 2.17 bits per heavy atom. The van der Waals surface area contributed by atoms with E-state index in [2.05, 4.69) is 20.9 Å². The molecular formula is C8H10BrNO2. The predicted octanol–water partition coefficient (Wildman–Crippen LogP) is 2.02. The van der Waals surface area contributed by atoms with E-state index in [4.69, 9.17) is 4.74 Å². The number of carbonyl (C=O) groups is 1. The lowest BCUT2D eigenvalue weighted by atomic mass is 10.2. The van der Waals surface area contributed by atoms with Gasteiger partial charge in [-0.2, -0.15) is 0 Å². The molecule has 0 aliphatic carbocycles. The highest BCUT2D eigenvalue weighted by molar-refractivity contribution is 9.12. The summed E-state index contributed by atoms with van der Waals surface area (Å²) in [6.07, 6.45) is 1.57. The first-order valence-electron chi connectivity index (χ1n) is 3.57. The van der Waals surface area contributed by atoms with Crippen molar-refractivity contribution >= 4 is 27.6 Å². The summed E-state index contributed by atoms with van der Waals surface area (Å²) < 4.78 is 5.78. The van der Waals surface area contributed by atoms with E-state index < -0.39 is 5.60 Å². The zero-order valence-corrected chi connectivity index (χ0v) is 8.81. The average molecular weight is 232 g/mol. The van der Waals surface area contributed by atoms with Gasteiger partial charge in [0.25, 0.3) is 0 Å². The zero-order chi connectivity index (χ0) is 9.35. The summed E-state index contributed by atoms with van der Waals surface area (Å²) in [5.74, 6) is -0.378.